The summed E-state index contributed by atoms with van der Waals surface area (Å²) < 4.78 is 5.14. The quantitative estimate of drug-likeness (QED) is 0.594. The second-order valence-corrected chi connectivity index (χ2v) is 3.44. The van der Waals surface area contributed by atoms with Gasteiger partial charge in [-0.25, -0.2) is 0 Å². The van der Waals surface area contributed by atoms with Gasteiger partial charge in [0, 0.05) is 11.4 Å². The Morgan fingerprint density at radius 2 is 1.71 bits per heavy atom. The van der Waals surface area contributed by atoms with Gasteiger partial charge in [0.05, 0.1) is 7.11 Å². The maximum absolute atomic E-state index is 9.11. The van der Waals surface area contributed by atoms with Gasteiger partial charge in [0.25, 0.3) is 0 Å². The SMILES string of the molecule is COc1cccc(N([N+]=[N-])c2ccccc2)c1. The molecule has 4 nitrogen and oxygen atoms in total. The van der Waals surface area contributed by atoms with E-state index in [-0.39, 0.29) is 0 Å². The molecule has 1 radical (unpaired) electrons. The van der Waals surface area contributed by atoms with Crippen LogP contribution in [0.1, 0.15) is 0 Å². The van der Waals surface area contributed by atoms with Gasteiger partial charge < -0.3 is 4.74 Å². The molecule has 0 aliphatic heterocycles. The molecule has 0 saturated heterocycles. The van der Waals surface area contributed by atoms with Crippen molar-refractivity contribution in [2.45, 2.75) is 0 Å². The third-order valence-corrected chi connectivity index (χ3v) is 2.39. The highest BCUT2D eigenvalue weighted by molar-refractivity contribution is 5.62. The summed E-state index contributed by atoms with van der Waals surface area (Å²) in [5.74, 6) is 0.715. The first-order valence-electron chi connectivity index (χ1n) is 5.19. The summed E-state index contributed by atoms with van der Waals surface area (Å²) in [7, 11) is 1.60. The van der Waals surface area contributed by atoms with Crippen LogP contribution in [0.5, 0.6) is 5.75 Å². The highest BCUT2D eigenvalue weighted by Crippen LogP contribution is 2.26. The lowest BCUT2D eigenvalue weighted by Crippen LogP contribution is -2.16. The smallest absolute Gasteiger partial charge is 0.138 e. The molecule has 0 aliphatic rings. The van der Waals surface area contributed by atoms with Crippen molar-refractivity contribution in [3.8, 4) is 5.75 Å². The van der Waals surface area contributed by atoms with Gasteiger partial charge in [0.2, 0.25) is 0 Å². The third kappa shape index (κ3) is 2.42. The highest BCUT2D eigenvalue weighted by Gasteiger charge is 2.09. The molecule has 0 aromatic heterocycles. The van der Waals surface area contributed by atoms with E-state index < -0.39 is 0 Å². The summed E-state index contributed by atoms with van der Waals surface area (Å²) >= 11 is 0. The average Bonchev–Trinajstić information content (AvgIpc) is 2.41. The fourth-order valence-electron chi connectivity index (χ4n) is 1.56. The van der Waals surface area contributed by atoms with Gasteiger partial charge in [-0.1, -0.05) is 48.0 Å². The van der Waals surface area contributed by atoms with E-state index in [0.29, 0.717) is 5.75 Å². The maximum atomic E-state index is 9.11. The van der Waals surface area contributed by atoms with Crippen molar-refractivity contribution in [1.29, 1.82) is 0 Å². The molecule has 0 fully saturated rings. The molecule has 17 heavy (non-hydrogen) atoms. The number of benzene rings is 2. The highest BCUT2D eigenvalue weighted by atomic mass is 16.5. The van der Waals surface area contributed by atoms with Gasteiger partial charge in [-0.15, -0.1) is 0 Å². The fraction of sp³-hybridized carbons (Fsp3) is 0.0769. The van der Waals surface area contributed by atoms with E-state index in [2.05, 4.69) is 5.22 Å². The summed E-state index contributed by atoms with van der Waals surface area (Å²) in [6, 6.07) is 16.7. The van der Waals surface area contributed by atoms with Crippen LogP contribution >= 0.6 is 0 Å². The maximum Gasteiger partial charge on any atom is 0.138 e. The van der Waals surface area contributed by atoms with Crippen molar-refractivity contribution in [3.63, 3.8) is 0 Å². The summed E-state index contributed by atoms with van der Waals surface area (Å²) in [5, 5.41) is 4.71. The zero-order valence-electron chi connectivity index (χ0n) is 9.45. The van der Waals surface area contributed by atoms with Gasteiger partial charge in [-0.2, -0.15) is 5.01 Å². The Bertz CT molecular complexity index is 499. The molecule has 0 spiro atoms. The van der Waals surface area contributed by atoms with E-state index in [1.807, 2.05) is 48.5 Å². The lowest BCUT2D eigenvalue weighted by atomic mass is 10.2. The van der Waals surface area contributed by atoms with Crippen LogP contribution in [-0.4, -0.2) is 7.11 Å². The van der Waals surface area contributed by atoms with Crippen molar-refractivity contribution in [2.75, 3.05) is 12.1 Å². The van der Waals surface area contributed by atoms with Crippen LogP contribution in [0.4, 0.5) is 11.4 Å². The number of rotatable bonds is 4. The molecular weight excluding hydrogens is 214 g/mol. The monoisotopic (exact) mass is 226 g/mol. The Morgan fingerprint density at radius 3 is 2.35 bits per heavy atom. The predicted molar refractivity (Wildman–Crippen MR) is 67.1 cm³/mol. The van der Waals surface area contributed by atoms with Crippen molar-refractivity contribution in [1.82, 2.24) is 5.22 Å². The van der Waals surface area contributed by atoms with E-state index in [1.54, 1.807) is 13.2 Å². The van der Waals surface area contributed by atoms with Crippen LogP contribution in [-0.2, 0) is 0 Å². The molecule has 0 N–H and O–H groups in total. The molecule has 2 aromatic rings. The predicted octanol–water partition coefficient (Wildman–Crippen LogP) is 3.11. The Morgan fingerprint density at radius 1 is 1.00 bits per heavy atom. The van der Waals surface area contributed by atoms with E-state index in [1.165, 1.54) is 5.01 Å². The van der Waals surface area contributed by atoms with Crippen LogP contribution in [0, 0.1) is 0 Å². The standard InChI is InChI=1S/C13H12N3O/c1-17-13-9-5-8-12(10-13)16(15-14)11-6-3-2-4-7-11/h2-10H,1H3. The first kappa shape index (κ1) is 11.1. The zero-order valence-corrected chi connectivity index (χ0v) is 9.45. The van der Waals surface area contributed by atoms with Crippen molar-refractivity contribution in [2.24, 2.45) is 0 Å². The molecule has 0 unspecified atom stereocenters. The van der Waals surface area contributed by atoms with Crippen LogP contribution < -0.4 is 15.0 Å². The summed E-state index contributed by atoms with van der Waals surface area (Å²) in [6.45, 7) is 0. The largest absolute Gasteiger partial charge is 0.497 e. The van der Waals surface area contributed by atoms with Gasteiger partial charge in [0.15, 0.2) is 0 Å². The Labute approximate surface area is 99.9 Å². The summed E-state index contributed by atoms with van der Waals surface area (Å²) in [6.07, 6.45) is 0. The lowest BCUT2D eigenvalue weighted by Gasteiger charge is -2.15. The van der Waals surface area contributed by atoms with Crippen LogP contribution in [0.2, 0.25) is 0 Å². The van der Waals surface area contributed by atoms with E-state index in [4.69, 9.17) is 10.3 Å². The summed E-state index contributed by atoms with van der Waals surface area (Å²) in [5.41, 5.74) is 10.6. The molecule has 0 heterocycles. The molecule has 0 saturated carbocycles. The molecular formula is C13H12N3O. The first-order chi connectivity index (χ1) is 8.35. The first-order valence-corrected chi connectivity index (χ1v) is 5.19. The Hall–Kier alpha value is -2.36. The zero-order chi connectivity index (χ0) is 12.1. The minimum absolute atomic E-state index is 0.715. The average molecular weight is 226 g/mol. The topological polar surface area (TPSA) is 48.9 Å². The van der Waals surface area contributed by atoms with Gasteiger partial charge in [0.1, 0.15) is 11.0 Å². The number of methoxy groups -OCH3 is 1. The van der Waals surface area contributed by atoms with E-state index in [0.717, 1.165) is 11.4 Å². The summed E-state index contributed by atoms with van der Waals surface area (Å²) in [4.78, 5) is 0. The number of ether oxygens (including phenoxy) is 1. The second-order valence-electron chi connectivity index (χ2n) is 3.44. The number of hydrogen-bond donors (Lipinski definition) is 0. The molecule has 0 amide bonds. The van der Waals surface area contributed by atoms with Gasteiger partial charge in [-0.3, -0.25) is 0 Å². The van der Waals surface area contributed by atoms with Crippen LogP contribution in [0.15, 0.2) is 54.6 Å². The molecule has 0 bridgehead atoms. The van der Waals surface area contributed by atoms with Crippen molar-refractivity contribution in [3.05, 3.63) is 60.1 Å². The number of hydrogen-bond acceptors (Lipinski definition) is 2. The third-order valence-electron chi connectivity index (χ3n) is 2.39. The number of para-hydroxylation sites is 1. The van der Waals surface area contributed by atoms with E-state index >= 15 is 0 Å². The molecule has 2 aromatic carbocycles. The molecule has 2 rings (SSSR count). The second kappa shape index (κ2) is 5.12. The van der Waals surface area contributed by atoms with Crippen LogP contribution in [0.25, 0.3) is 5.53 Å². The van der Waals surface area contributed by atoms with Gasteiger partial charge in [-0.05, 0) is 12.1 Å². The Balaban J connectivity index is 2.38. The minimum atomic E-state index is 0.715. The molecule has 85 valence electrons. The van der Waals surface area contributed by atoms with Gasteiger partial charge >= 0.3 is 0 Å². The normalized spacial score (nSPS) is 9.71. The number of anilines is 2. The van der Waals surface area contributed by atoms with Crippen molar-refractivity contribution < 1.29 is 4.74 Å². The minimum Gasteiger partial charge on any atom is -0.497 e. The Kier molecular flexibility index (Phi) is 3.35. The number of nitrogens with zero attached hydrogens (tertiary/aromatic N) is 3. The molecule has 0 aliphatic carbocycles. The molecule has 4 heteroatoms. The lowest BCUT2D eigenvalue weighted by molar-refractivity contribution is 0.415. The van der Waals surface area contributed by atoms with Crippen LogP contribution in [0.3, 0.4) is 0 Å². The molecule has 0 atom stereocenters. The van der Waals surface area contributed by atoms with E-state index in [9.17, 15) is 0 Å². The fourth-order valence-corrected chi connectivity index (χ4v) is 1.56. The van der Waals surface area contributed by atoms with Crippen molar-refractivity contribution >= 4 is 11.4 Å².